The van der Waals surface area contributed by atoms with Crippen LogP contribution in [0.15, 0.2) is 12.3 Å². The quantitative estimate of drug-likeness (QED) is 0.507. The van der Waals surface area contributed by atoms with E-state index in [-0.39, 0.29) is 0 Å². The van der Waals surface area contributed by atoms with Gasteiger partial charge in [0.2, 0.25) is 0 Å². The summed E-state index contributed by atoms with van der Waals surface area (Å²) in [4.78, 5) is 0. The van der Waals surface area contributed by atoms with Gasteiger partial charge in [0.25, 0.3) is 0 Å². The Hall–Kier alpha value is -0.460. The van der Waals surface area contributed by atoms with Crippen LogP contribution in [0.4, 0.5) is 0 Å². The molecular formula is C7H13O. The molecule has 8 heavy (non-hydrogen) atoms. The van der Waals surface area contributed by atoms with Crippen molar-refractivity contribution in [1.29, 1.82) is 0 Å². The second-order valence-corrected chi connectivity index (χ2v) is 1.53. The molecule has 0 spiro atoms. The van der Waals surface area contributed by atoms with Gasteiger partial charge in [-0.1, -0.05) is 13.3 Å². The molecule has 0 atom stereocenters. The molecule has 0 bridgehead atoms. The smallest absolute Gasteiger partial charge is 0.0874 e. The second-order valence-electron chi connectivity index (χ2n) is 1.53. The molecule has 0 N–H and O–H groups in total. The minimum atomic E-state index is 0.528. The maximum absolute atomic E-state index is 4.84. The molecule has 1 nitrogen and oxygen atoms in total. The monoisotopic (exact) mass is 113 g/mol. The Morgan fingerprint density at radius 3 is 2.88 bits per heavy atom. The van der Waals surface area contributed by atoms with Gasteiger partial charge in [-0.2, -0.15) is 0 Å². The molecule has 0 amide bonds. The van der Waals surface area contributed by atoms with Crippen molar-refractivity contribution in [2.75, 3.05) is 6.61 Å². The lowest BCUT2D eigenvalue weighted by Crippen LogP contribution is -1.76. The van der Waals surface area contributed by atoms with E-state index in [0.717, 1.165) is 6.42 Å². The first-order valence-electron chi connectivity index (χ1n) is 2.97. The summed E-state index contributed by atoms with van der Waals surface area (Å²) in [5.74, 6) is 0. The highest BCUT2D eigenvalue weighted by Crippen LogP contribution is 1.87. The molecule has 0 aromatic rings. The van der Waals surface area contributed by atoms with E-state index in [2.05, 4.69) is 13.8 Å². The largest absolute Gasteiger partial charge is 0.502 e. The first kappa shape index (κ1) is 7.54. The third-order valence-corrected chi connectivity index (χ3v) is 0.766. The molecule has 0 fully saturated rings. The summed E-state index contributed by atoms with van der Waals surface area (Å²) >= 11 is 0. The van der Waals surface area contributed by atoms with Crippen LogP contribution >= 0.6 is 0 Å². The molecule has 0 rings (SSSR count). The Balaban J connectivity index is 2.83. The van der Waals surface area contributed by atoms with Gasteiger partial charge in [-0.3, -0.25) is 0 Å². The van der Waals surface area contributed by atoms with Crippen LogP contribution in [0.5, 0.6) is 0 Å². The highest BCUT2D eigenvalue weighted by Gasteiger charge is 1.70. The van der Waals surface area contributed by atoms with Crippen LogP contribution in [-0.2, 0) is 4.74 Å². The summed E-state index contributed by atoms with van der Waals surface area (Å²) in [6, 6.07) is 0. The Kier molecular flexibility index (Phi) is 6.16. The molecule has 0 aromatic heterocycles. The number of hydrogen-bond acceptors (Lipinski definition) is 1. The van der Waals surface area contributed by atoms with Crippen LogP contribution in [0.2, 0.25) is 0 Å². The summed E-state index contributed by atoms with van der Waals surface area (Å²) in [6.45, 7) is 6.17. The number of unbranched alkanes of at least 4 members (excludes halogenated alkanes) is 1. The summed E-state index contributed by atoms with van der Waals surface area (Å²) in [5.41, 5.74) is 0. The fourth-order valence-corrected chi connectivity index (χ4v) is 0.371. The zero-order chi connectivity index (χ0) is 6.24. The minimum Gasteiger partial charge on any atom is -0.502 e. The second kappa shape index (κ2) is 6.54. The van der Waals surface area contributed by atoms with Gasteiger partial charge in [0.1, 0.15) is 0 Å². The molecule has 0 saturated heterocycles. The van der Waals surface area contributed by atoms with Crippen LogP contribution < -0.4 is 0 Å². The van der Waals surface area contributed by atoms with Crippen molar-refractivity contribution >= 4 is 0 Å². The zero-order valence-electron chi connectivity index (χ0n) is 5.39. The van der Waals surface area contributed by atoms with Crippen LogP contribution in [0.25, 0.3) is 0 Å². The Morgan fingerprint density at radius 1 is 1.62 bits per heavy atom. The Morgan fingerprint density at radius 2 is 2.38 bits per heavy atom. The predicted molar refractivity (Wildman–Crippen MR) is 35.4 cm³/mol. The fourth-order valence-electron chi connectivity index (χ4n) is 0.371. The molecule has 47 valence electrons. The standard InChI is InChI=1S/C7H13O/c1-3-5-6-7-8-4-2/h6-7H,2-5H2,1H3. The van der Waals surface area contributed by atoms with E-state index in [9.17, 15) is 0 Å². The van der Waals surface area contributed by atoms with Crippen LogP contribution in [0.1, 0.15) is 19.8 Å². The van der Waals surface area contributed by atoms with Gasteiger partial charge >= 0.3 is 0 Å². The van der Waals surface area contributed by atoms with E-state index in [1.165, 1.54) is 6.42 Å². The SMILES string of the molecule is [CH2]COC=CCCC. The van der Waals surface area contributed by atoms with Gasteiger partial charge in [0.05, 0.1) is 12.9 Å². The molecule has 0 aliphatic carbocycles. The Labute approximate surface area is 51.4 Å². The van der Waals surface area contributed by atoms with Crippen molar-refractivity contribution in [3.05, 3.63) is 19.3 Å². The Bertz CT molecular complexity index is 49.4. The highest BCUT2D eigenvalue weighted by atomic mass is 16.5. The van der Waals surface area contributed by atoms with Gasteiger partial charge < -0.3 is 4.74 Å². The topological polar surface area (TPSA) is 9.23 Å². The summed E-state index contributed by atoms with van der Waals surface area (Å²) in [7, 11) is 0. The summed E-state index contributed by atoms with van der Waals surface area (Å²) < 4.78 is 4.84. The molecule has 0 aliphatic heterocycles. The maximum Gasteiger partial charge on any atom is 0.0874 e. The number of rotatable bonds is 4. The molecule has 1 radical (unpaired) electrons. The number of hydrogen-bond donors (Lipinski definition) is 0. The molecule has 1 heteroatoms. The van der Waals surface area contributed by atoms with E-state index in [1.807, 2.05) is 6.08 Å². The maximum atomic E-state index is 4.84. The van der Waals surface area contributed by atoms with Crippen molar-refractivity contribution in [2.45, 2.75) is 19.8 Å². The number of ether oxygens (including phenoxy) is 1. The minimum absolute atomic E-state index is 0.528. The van der Waals surface area contributed by atoms with E-state index < -0.39 is 0 Å². The van der Waals surface area contributed by atoms with Crippen LogP contribution in [0.3, 0.4) is 0 Å². The van der Waals surface area contributed by atoms with Gasteiger partial charge in [0, 0.05) is 0 Å². The van der Waals surface area contributed by atoms with Gasteiger partial charge in [0.15, 0.2) is 0 Å². The molecule has 0 aromatic carbocycles. The zero-order valence-corrected chi connectivity index (χ0v) is 5.39. The van der Waals surface area contributed by atoms with Gasteiger partial charge in [-0.25, -0.2) is 0 Å². The molecule has 0 unspecified atom stereocenters. The van der Waals surface area contributed by atoms with Crippen molar-refractivity contribution in [3.8, 4) is 0 Å². The normalized spacial score (nSPS) is 10.2. The van der Waals surface area contributed by atoms with E-state index in [0.29, 0.717) is 6.61 Å². The van der Waals surface area contributed by atoms with Crippen molar-refractivity contribution in [1.82, 2.24) is 0 Å². The molecule has 0 aliphatic rings. The van der Waals surface area contributed by atoms with E-state index in [1.54, 1.807) is 6.26 Å². The molecule has 0 saturated carbocycles. The van der Waals surface area contributed by atoms with Crippen molar-refractivity contribution < 1.29 is 4.74 Å². The van der Waals surface area contributed by atoms with Gasteiger partial charge in [-0.05, 0) is 19.4 Å². The van der Waals surface area contributed by atoms with Crippen LogP contribution in [-0.4, -0.2) is 6.61 Å². The highest BCUT2D eigenvalue weighted by molar-refractivity contribution is 4.72. The van der Waals surface area contributed by atoms with Crippen molar-refractivity contribution in [3.63, 3.8) is 0 Å². The van der Waals surface area contributed by atoms with Crippen molar-refractivity contribution in [2.24, 2.45) is 0 Å². The average molecular weight is 113 g/mol. The first-order chi connectivity index (χ1) is 3.91. The average Bonchev–Trinajstić information content (AvgIpc) is 1.81. The lowest BCUT2D eigenvalue weighted by atomic mass is 10.3. The van der Waals surface area contributed by atoms with E-state index in [4.69, 9.17) is 4.74 Å². The fraction of sp³-hybridized carbons (Fsp3) is 0.571. The summed E-state index contributed by atoms with van der Waals surface area (Å²) in [5, 5.41) is 0. The molecule has 0 heterocycles. The van der Waals surface area contributed by atoms with E-state index >= 15 is 0 Å². The van der Waals surface area contributed by atoms with Gasteiger partial charge in [-0.15, -0.1) is 0 Å². The van der Waals surface area contributed by atoms with Crippen LogP contribution in [0, 0.1) is 6.92 Å². The molecular weight excluding hydrogens is 100 g/mol. The first-order valence-corrected chi connectivity index (χ1v) is 2.97. The number of allylic oxidation sites excluding steroid dienone is 1. The lowest BCUT2D eigenvalue weighted by Gasteiger charge is -1.89. The third kappa shape index (κ3) is 5.54. The lowest BCUT2D eigenvalue weighted by molar-refractivity contribution is 0.286. The third-order valence-electron chi connectivity index (χ3n) is 0.766. The summed E-state index contributed by atoms with van der Waals surface area (Å²) in [6.07, 6.45) is 5.98. The predicted octanol–water partition coefficient (Wildman–Crippen LogP) is 2.15.